The molecular weight excluding hydrogens is 767 g/mol. The highest BCUT2D eigenvalue weighted by atomic mass is 16.5. The molecule has 0 radical (unpaired) electrons. The second-order valence-corrected chi connectivity index (χ2v) is 18.7. The molecule has 4 saturated carbocycles. The van der Waals surface area contributed by atoms with Crippen LogP contribution in [0, 0.1) is 23.7 Å². The zero-order valence-corrected chi connectivity index (χ0v) is 34.8. The van der Waals surface area contributed by atoms with Crippen molar-refractivity contribution in [1.82, 2.24) is 15.0 Å². The summed E-state index contributed by atoms with van der Waals surface area (Å²) < 4.78 is 6.93. The first-order valence-corrected chi connectivity index (χ1v) is 22.8. The third kappa shape index (κ3) is 5.18. The zero-order valence-electron chi connectivity index (χ0n) is 34.8. The average Bonchev–Trinajstić information content (AvgIpc) is 3.34. The largest absolute Gasteiger partial charge is 0.457 e. The molecule has 4 fully saturated rings. The smallest absolute Gasteiger partial charge is 0.164 e. The zero-order chi connectivity index (χ0) is 41.2. The Labute approximate surface area is 366 Å². The minimum absolute atomic E-state index is 0.0286. The van der Waals surface area contributed by atoms with E-state index >= 15 is 0 Å². The third-order valence-electron chi connectivity index (χ3n) is 15.6. The number of fused-ring (bicyclic) bond motifs is 9. The Kier molecular flexibility index (Phi) is 7.54. The average molecular weight is 810 g/mol. The first-order valence-electron chi connectivity index (χ1n) is 22.8. The molecule has 63 heavy (non-hydrogen) atoms. The predicted octanol–water partition coefficient (Wildman–Crippen LogP) is 15.0. The molecule has 5 aliphatic rings. The Morgan fingerprint density at radius 1 is 0.349 bits per heavy atom. The second kappa shape index (κ2) is 13.4. The van der Waals surface area contributed by atoms with Gasteiger partial charge in [0.2, 0.25) is 0 Å². The minimum Gasteiger partial charge on any atom is -0.457 e. The summed E-state index contributed by atoms with van der Waals surface area (Å²) in [4.78, 5) is 15.7. The van der Waals surface area contributed by atoms with Gasteiger partial charge in [-0.1, -0.05) is 152 Å². The maximum Gasteiger partial charge on any atom is 0.164 e. The van der Waals surface area contributed by atoms with Gasteiger partial charge in [-0.25, -0.2) is 15.0 Å². The number of ether oxygens (including phenoxy) is 1. The molecule has 1 spiro atoms. The fraction of sp³-hybridized carbons (Fsp3) is 0.169. The molecule has 0 amide bonds. The maximum absolute atomic E-state index is 6.93. The van der Waals surface area contributed by atoms with Gasteiger partial charge in [0.15, 0.2) is 17.5 Å². The van der Waals surface area contributed by atoms with E-state index in [0.717, 1.165) is 56.4 Å². The summed E-state index contributed by atoms with van der Waals surface area (Å²) in [5.74, 6) is 7.14. The van der Waals surface area contributed by atoms with Crippen molar-refractivity contribution in [2.45, 2.75) is 37.5 Å². The second-order valence-electron chi connectivity index (χ2n) is 18.7. The van der Waals surface area contributed by atoms with Gasteiger partial charge in [0.05, 0.1) is 0 Å². The van der Waals surface area contributed by atoms with E-state index in [2.05, 4.69) is 158 Å². The van der Waals surface area contributed by atoms with Gasteiger partial charge in [-0.2, -0.15) is 0 Å². The molecule has 300 valence electrons. The third-order valence-corrected chi connectivity index (χ3v) is 15.6. The molecule has 10 aromatic rings. The van der Waals surface area contributed by atoms with Gasteiger partial charge in [0.25, 0.3) is 0 Å². The molecule has 9 aromatic carbocycles. The summed E-state index contributed by atoms with van der Waals surface area (Å²) in [6.45, 7) is 0. The molecule has 1 aliphatic heterocycles. The van der Waals surface area contributed by atoms with Crippen LogP contribution in [0.3, 0.4) is 0 Å². The normalized spacial score (nSPS) is 21.8. The van der Waals surface area contributed by atoms with Crippen molar-refractivity contribution in [1.29, 1.82) is 0 Å². The summed E-state index contributed by atoms with van der Waals surface area (Å²) in [7, 11) is 0. The SMILES string of the molecule is c1ccc(-c2nc(-c3ccc4c5ccccc5c5ccccc5c4c3)nc(-c3ccc(-c4ccc5c(c4)Oc4ccccc4C54C5CC6CC(C5)CC4C6)c4ccccc34)n2)cc1. The van der Waals surface area contributed by atoms with Crippen molar-refractivity contribution in [2.24, 2.45) is 23.7 Å². The topological polar surface area (TPSA) is 47.9 Å². The van der Waals surface area contributed by atoms with Gasteiger partial charge in [0, 0.05) is 33.2 Å². The summed E-state index contributed by atoms with van der Waals surface area (Å²) >= 11 is 0. The molecule has 0 N–H and O–H groups in total. The van der Waals surface area contributed by atoms with Crippen LogP contribution >= 0.6 is 0 Å². The van der Waals surface area contributed by atoms with Crippen molar-refractivity contribution < 1.29 is 4.74 Å². The van der Waals surface area contributed by atoms with Gasteiger partial charge in [0.1, 0.15) is 11.5 Å². The number of benzene rings is 9. The summed E-state index contributed by atoms with van der Waals surface area (Å²) in [5, 5.41) is 9.63. The maximum atomic E-state index is 6.93. The standard InChI is InChI=1S/C59H43N3O/c1-2-12-37(13-3-1)56-60-57(39-22-24-49-46-17-6-5-15-44(46)45-16-7-9-19-48(45)51(49)33-39)62-58(61-56)50-26-25-42(43-14-4-8-18-47(43)50)38-23-27-53-55(34-38)63-54-21-11-10-20-52(54)59(53)40-29-35-28-36(31-40)32-41(59)30-35/h1-27,33-36,40-41H,28-32H2. The van der Waals surface area contributed by atoms with Gasteiger partial charge in [-0.3, -0.25) is 0 Å². The number of aromatic nitrogens is 3. The van der Waals surface area contributed by atoms with Crippen molar-refractivity contribution in [2.75, 3.05) is 0 Å². The number of nitrogens with zero attached hydrogens (tertiary/aromatic N) is 3. The Hall–Kier alpha value is -7.17. The lowest BCUT2D eigenvalue weighted by Gasteiger charge is -2.63. The van der Waals surface area contributed by atoms with Crippen LogP contribution in [0.25, 0.3) is 88.4 Å². The fourth-order valence-corrected chi connectivity index (χ4v) is 13.2. The van der Waals surface area contributed by atoms with Gasteiger partial charge < -0.3 is 4.74 Å². The lowest BCUT2D eigenvalue weighted by molar-refractivity contribution is -0.0452. The molecule has 4 nitrogen and oxygen atoms in total. The van der Waals surface area contributed by atoms with E-state index < -0.39 is 0 Å². The number of rotatable bonds is 4. The van der Waals surface area contributed by atoms with E-state index in [1.807, 2.05) is 18.2 Å². The van der Waals surface area contributed by atoms with E-state index in [4.69, 9.17) is 19.7 Å². The van der Waals surface area contributed by atoms with Crippen molar-refractivity contribution >= 4 is 43.1 Å². The van der Waals surface area contributed by atoms with Gasteiger partial charge >= 0.3 is 0 Å². The van der Waals surface area contributed by atoms with Crippen LogP contribution in [0.4, 0.5) is 0 Å². The van der Waals surface area contributed by atoms with Crippen molar-refractivity contribution in [3.05, 3.63) is 187 Å². The quantitative estimate of drug-likeness (QED) is 0.166. The van der Waals surface area contributed by atoms with E-state index in [1.165, 1.54) is 81.1 Å². The molecule has 1 aromatic heterocycles. The molecule has 4 bridgehead atoms. The molecule has 15 rings (SSSR count). The van der Waals surface area contributed by atoms with E-state index in [9.17, 15) is 0 Å². The first-order chi connectivity index (χ1) is 31.2. The summed E-state index contributed by atoms with van der Waals surface area (Å²) in [6, 6.07) is 63.6. The van der Waals surface area contributed by atoms with E-state index in [-0.39, 0.29) is 5.41 Å². The monoisotopic (exact) mass is 809 g/mol. The van der Waals surface area contributed by atoms with Crippen molar-refractivity contribution in [3.63, 3.8) is 0 Å². The molecular formula is C59H43N3O. The number of hydrogen-bond donors (Lipinski definition) is 0. The fourth-order valence-electron chi connectivity index (χ4n) is 13.2. The molecule has 2 heterocycles. The van der Waals surface area contributed by atoms with E-state index in [0.29, 0.717) is 29.3 Å². The van der Waals surface area contributed by atoms with E-state index in [1.54, 1.807) is 0 Å². The minimum atomic E-state index is 0.0286. The highest BCUT2D eigenvalue weighted by molar-refractivity contribution is 6.25. The van der Waals surface area contributed by atoms with Gasteiger partial charge in [-0.15, -0.1) is 0 Å². The van der Waals surface area contributed by atoms with Crippen LogP contribution in [0.1, 0.15) is 43.2 Å². The summed E-state index contributed by atoms with van der Waals surface area (Å²) in [6.07, 6.45) is 6.81. The number of hydrogen-bond acceptors (Lipinski definition) is 4. The predicted molar refractivity (Wildman–Crippen MR) is 256 cm³/mol. The molecule has 4 aliphatic carbocycles. The van der Waals surface area contributed by atoms with Crippen LogP contribution in [-0.4, -0.2) is 15.0 Å². The lowest BCUT2D eigenvalue weighted by atomic mass is 9.42. The lowest BCUT2D eigenvalue weighted by Crippen LogP contribution is -2.56. The van der Waals surface area contributed by atoms with Crippen LogP contribution in [-0.2, 0) is 5.41 Å². The Balaban J connectivity index is 0.921. The first kappa shape index (κ1) is 35.4. The van der Waals surface area contributed by atoms with Crippen LogP contribution in [0.2, 0.25) is 0 Å². The molecule has 0 unspecified atom stereocenters. The van der Waals surface area contributed by atoms with Crippen LogP contribution < -0.4 is 4.74 Å². The Bertz CT molecular complexity index is 3460. The molecule has 0 atom stereocenters. The summed E-state index contributed by atoms with van der Waals surface area (Å²) in [5.41, 5.74) is 8.07. The van der Waals surface area contributed by atoms with Crippen LogP contribution in [0.5, 0.6) is 11.5 Å². The highest BCUT2D eigenvalue weighted by Crippen LogP contribution is 2.69. The Morgan fingerprint density at radius 2 is 0.857 bits per heavy atom. The highest BCUT2D eigenvalue weighted by Gasteiger charge is 2.61. The Morgan fingerprint density at radius 3 is 1.56 bits per heavy atom. The number of para-hydroxylation sites is 1. The molecule has 4 heteroatoms. The van der Waals surface area contributed by atoms with Crippen molar-refractivity contribution in [3.8, 4) is 56.8 Å². The molecule has 0 saturated heterocycles. The van der Waals surface area contributed by atoms with Gasteiger partial charge in [-0.05, 0) is 134 Å². The van der Waals surface area contributed by atoms with Crippen LogP contribution in [0.15, 0.2) is 176 Å².